The third-order valence-electron chi connectivity index (χ3n) is 5.60. The molecule has 0 radical (unpaired) electrons. The van der Waals surface area contributed by atoms with Crippen LogP contribution < -0.4 is 15.5 Å². The van der Waals surface area contributed by atoms with Gasteiger partial charge in [0, 0.05) is 26.2 Å². The number of carboxylic acid groups (broad SMARTS) is 1. The number of piperazine rings is 1. The number of carbonyl (C=O) groups is 3. The number of aliphatic carboxylic acids is 1. The predicted molar refractivity (Wildman–Crippen MR) is 133 cm³/mol. The van der Waals surface area contributed by atoms with Gasteiger partial charge in [-0.05, 0) is 18.4 Å². The monoisotopic (exact) mass is 544 g/mol. The first kappa shape index (κ1) is 30.0. The number of alkyl halides is 3. The van der Waals surface area contributed by atoms with Crippen molar-refractivity contribution < 1.29 is 37.4 Å². The average molecular weight is 545 g/mol. The number of thiazole rings is 1. The topological polar surface area (TPSA) is 121 Å². The van der Waals surface area contributed by atoms with Gasteiger partial charge in [0.25, 0.3) is 5.91 Å². The molecule has 3 N–H and O–H groups in total. The Labute approximate surface area is 217 Å². The van der Waals surface area contributed by atoms with E-state index in [-0.39, 0.29) is 18.4 Å². The maximum absolute atomic E-state index is 13.0. The molecule has 1 aliphatic rings. The number of hydrogen-bond acceptors (Lipinski definition) is 8. The maximum Gasteiger partial charge on any atom is 0.490 e. The molecule has 2 heterocycles. The summed E-state index contributed by atoms with van der Waals surface area (Å²) in [5.41, 5.74) is 1.60. The second-order valence-corrected chi connectivity index (χ2v) is 9.36. The van der Waals surface area contributed by atoms with Crippen LogP contribution in [0.4, 0.5) is 18.3 Å². The van der Waals surface area contributed by atoms with E-state index in [2.05, 4.69) is 20.5 Å². The molecule has 0 bridgehead atoms. The summed E-state index contributed by atoms with van der Waals surface area (Å²) in [4.78, 5) is 42.0. The Hall–Kier alpha value is -3.19. The zero-order valence-corrected chi connectivity index (χ0v) is 21.6. The van der Waals surface area contributed by atoms with E-state index in [4.69, 9.17) is 14.6 Å². The Kier molecular flexibility index (Phi) is 11.3. The molecule has 13 heteroatoms. The second-order valence-electron chi connectivity index (χ2n) is 8.38. The van der Waals surface area contributed by atoms with Crippen LogP contribution in [-0.4, -0.2) is 66.3 Å². The van der Waals surface area contributed by atoms with Gasteiger partial charge in [-0.15, -0.1) is 0 Å². The smallest absolute Gasteiger partial charge is 0.475 e. The highest BCUT2D eigenvalue weighted by Crippen LogP contribution is 2.27. The largest absolute Gasteiger partial charge is 0.490 e. The van der Waals surface area contributed by atoms with Gasteiger partial charge < -0.3 is 25.4 Å². The molecule has 1 aromatic heterocycles. The van der Waals surface area contributed by atoms with E-state index in [9.17, 15) is 22.8 Å². The summed E-state index contributed by atoms with van der Waals surface area (Å²) in [6.45, 7) is 9.52. The van der Waals surface area contributed by atoms with Crippen LogP contribution in [-0.2, 0) is 20.9 Å². The molecule has 3 rings (SSSR count). The van der Waals surface area contributed by atoms with Crippen molar-refractivity contribution in [3.63, 3.8) is 0 Å². The minimum Gasteiger partial charge on any atom is -0.475 e. The Morgan fingerprint density at radius 1 is 1.22 bits per heavy atom. The molecule has 2 aromatic rings. The first-order valence-corrected chi connectivity index (χ1v) is 12.5. The van der Waals surface area contributed by atoms with Gasteiger partial charge in [-0.25, -0.2) is 14.6 Å². The Morgan fingerprint density at radius 3 is 2.35 bits per heavy atom. The van der Waals surface area contributed by atoms with Crippen molar-refractivity contribution >= 4 is 34.3 Å². The summed E-state index contributed by atoms with van der Waals surface area (Å²) in [6, 6.07) is 8.83. The Bertz CT molecular complexity index is 1040. The Balaban J connectivity index is 0.000000604. The minimum absolute atomic E-state index is 0.0434. The van der Waals surface area contributed by atoms with Crippen molar-refractivity contribution in [1.82, 2.24) is 15.6 Å². The molecule has 0 spiro atoms. The van der Waals surface area contributed by atoms with E-state index in [1.54, 1.807) is 0 Å². The van der Waals surface area contributed by atoms with Gasteiger partial charge in [-0.2, -0.15) is 13.2 Å². The molecular formula is C24H31F3N4O5S. The normalized spacial score (nSPS) is 15.1. The van der Waals surface area contributed by atoms with E-state index in [0.717, 1.165) is 43.3 Å². The number of anilines is 1. The number of halogens is 3. The van der Waals surface area contributed by atoms with Gasteiger partial charge >= 0.3 is 18.1 Å². The molecule has 1 aliphatic heterocycles. The number of aryl methyl sites for hydroxylation is 1. The fourth-order valence-electron chi connectivity index (χ4n) is 3.28. The summed E-state index contributed by atoms with van der Waals surface area (Å²) < 4.78 is 37.2. The highest BCUT2D eigenvalue weighted by atomic mass is 32.1. The standard InChI is InChI=1S/C22H30N4O3S.C2HF3O2/c1-4-15(2)18(21(28)29-14-17-8-6-5-7-9-17)25-20(27)19-16(3)24-22(30-19)26-12-10-23-11-13-26;3-2(4,5)1(6)7/h5-9,15,18,23H,4,10-14H2,1-3H3,(H,25,27);(H,6,7)/t15-,18-;/m0./s1. The average Bonchev–Trinajstić information content (AvgIpc) is 3.28. The molecule has 204 valence electrons. The number of amides is 1. The van der Waals surface area contributed by atoms with Gasteiger partial charge in [0.15, 0.2) is 5.13 Å². The molecule has 0 unspecified atom stereocenters. The Morgan fingerprint density at radius 2 is 1.81 bits per heavy atom. The molecular weight excluding hydrogens is 513 g/mol. The van der Waals surface area contributed by atoms with Gasteiger partial charge in [-0.3, -0.25) is 4.79 Å². The summed E-state index contributed by atoms with van der Waals surface area (Å²) in [6.07, 6.45) is -4.33. The van der Waals surface area contributed by atoms with Crippen LogP contribution >= 0.6 is 11.3 Å². The molecule has 1 aromatic carbocycles. The summed E-state index contributed by atoms with van der Waals surface area (Å²) in [5.74, 6) is -3.48. The number of esters is 1. The van der Waals surface area contributed by atoms with Crippen LogP contribution in [0.2, 0.25) is 0 Å². The highest BCUT2D eigenvalue weighted by Gasteiger charge is 2.38. The van der Waals surface area contributed by atoms with E-state index in [1.165, 1.54) is 11.3 Å². The lowest BCUT2D eigenvalue weighted by atomic mass is 9.99. The molecule has 1 amide bonds. The number of benzene rings is 1. The van der Waals surface area contributed by atoms with Crippen molar-refractivity contribution in [1.29, 1.82) is 0 Å². The van der Waals surface area contributed by atoms with E-state index < -0.39 is 24.2 Å². The van der Waals surface area contributed by atoms with Crippen molar-refractivity contribution in [3.8, 4) is 0 Å². The van der Waals surface area contributed by atoms with E-state index in [0.29, 0.717) is 10.6 Å². The molecule has 37 heavy (non-hydrogen) atoms. The van der Waals surface area contributed by atoms with Crippen LogP contribution in [0.1, 0.15) is 41.2 Å². The first-order valence-electron chi connectivity index (χ1n) is 11.7. The van der Waals surface area contributed by atoms with Crippen LogP contribution in [0.3, 0.4) is 0 Å². The lowest BCUT2D eigenvalue weighted by Gasteiger charge is -2.26. The second kappa shape index (κ2) is 13.9. The number of nitrogens with one attached hydrogen (secondary N) is 2. The van der Waals surface area contributed by atoms with Crippen molar-refractivity contribution in [2.45, 2.75) is 46.0 Å². The van der Waals surface area contributed by atoms with Crippen LogP contribution in [0.25, 0.3) is 0 Å². The number of nitrogens with zero attached hydrogens (tertiary/aromatic N) is 2. The molecule has 9 nitrogen and oxygen atoms in total. The lowest BCUT2D eigenvalue weighted by Crippen LogP contribution is -2.45. The zero-order chi connectivity index (χ0) is 27.6. The van der Waals surface area contributed by atoms with Gasteiger partial charge in [0.1, 0.15) is 17.5 Å². The first-order chi connectivity index (χ1) is 17.4. The quantitative estimate of drug-likeness (QED) is 0.433. The summed E-state index contributed by atoms with van der Waals surface area (Å²) in [7, 11) is 0. The van der Waals surface area contributed by atoms with Gasteiger partial charge in [0.05, 0.1) is 5.69 Å². The number of aromatic nitrogens is 1. The number of carbonyl (C=O) groups excluding carboxylic acids is 2. The number of ether oxygens (including phenoxy) is 1. The summed E-state index contributed by atoms with van der Waals surface area (Å²) >= 11 is 1.38. The number of rotatable bonds is 8. The fourth-order valence-corrected chi connectivity index (χ4v) is 4.30. The highest BCUT2D eigenvalue weighted by molar-refractivity contribution is 7.17. The van der Waals surface area contributed by atoms with Gasteiger partial charge in [-0.1, -0.05) is 61.9 Å². The SMILES string of the molecule is CC[C@H](C)[C@H](NC(=O)c1sc(N2CCNCC2)nc1C)C(=O)OCc1ccccc1.O=C(O)C(F)(F)F. The lowest BCUT2D eigenvalue weighted by molar-refractivity contribution is -0.192. The van der Waals surface area contributed by atoms with Crippen LogP contribution in [0.5, 0.6) is 0 Å². The summed E-state index contributed by atoms with van der Waals surface area (Å²) in [5, 5.41) is 14.2. The molecule has 0 saturated carbocycles. The fraction of sp³-hybridized carbons (Fsp3) is 0.500. The third-order valence-corrected chi connectivity index (χ3v) is 6.82. The van der Waals surface area contributed by atoms with E-state index >= 15 is 0 Å². The molecule has 2 atom stereocenters. The number of hydrogen-bond donors (Lipinski definition) is 3. The molecule has 1 fully saturated rings. The minimum atomic E-state index is -5.08. The number of carboxylic acids is 1. The van der Waals surface area contributed by atoms with Crippen LogP contribution in [0, 0.1) is 12.8 Å². The van der Waals surface area contributed by atoms with E-state index in [1.807, 2.05) is 51.1 Å². The van der Waals surface area contributed by atoms with Crippen molar-refractivity contribution in [2.75, 3.05) is 31.1 Å². The molecule has 0 aliphatic carbocycles. The van der Waals surface area contributed by atoms with Crippen molar-refractivity contribution in [2.24, 2.45) is 5.92 Å². The van der Waals surface area contributed by atoms with Crippen molar-refractivity contribution in [3.05, 3.63) is 46.5 Å². The predicted octanol–water partition coefficient (Wildman–Crippen LogP) is 3.38. The maximum atomic E-state index is 13.0. The van der Waals surface area contributed by atoms with Gasteiger partial charge in [0.2, 0.25) is 0 Å². The zero-order valence-electron chi connectivity index (χ0n) is 20.8. The van der Waals surface area contributed by atoms with Crippen LogP contribution in [0.15, 0.2) is 30.3 Å². The molecule has 1 saturated heterocycles. The third kappa shape index (κ3) is 9.32.